The molecule has 0 saturated heterocycles. The van der Waals surface area contributed by atoms with Crippen molar-refractivity contribution < 1.29 is 13.3 Å². The number of rotatable bonds is 4. The Balaban J connectivity index is 2.52. The average Bonchev–Trinajstić information content (AvgIpc) is 2.47. The van der Waals surface area contributed by atoms with Gasteiger partial charge in [0.05, 0.1) is 10.6 Å². The van der Waals surface area contributed by atoms with Gasteiger partial charge in [0.25, 0.3) is 15.7 Å². The number of hydrogen-bond donors (Lipinski definition) is 0. The zero-order chi connectivity index (χ0) is 15.6. The van der Waals surface area contributed by atoms with E-state index in [-0.39, 0.29) is 4.90 Å². The molecule has 0 spiro atoms. The van der Waals surface area contributed by atoms with Gasteiger partial charge < -0.3 is 0 Å². The SMILES string of the molecule is CN(c1ccc(Br)cc1)S(=O)(=O)c1ccccc1[N+](=O)[O-]. The molecule has 0 fully saturated rings. The van der Waals surface area contributed by atoms with E-state index in [4.69, 9.17) is 0 Å². The Morgan fingerprint density at radius 2 is 1.67 bits per heavy atom. The topological polar surface area (TPSA) is 80.5 Å². The van der Waals surface area contributed by atoms with Crippen LogP contribution < -0.4 is 4.31 Å². The molecule has 0 N–H and O–H groups in total. The van der Waals surface area contributed by atoms with Gasteiger partial charge in [-0.1, -0.05) is 28.1 Å². The molecule has 0 atom stereocenters. The van der Waals surface area contributed by atoms with Gasteiger partial charge in [-0.2, -0.15) is 0 Å². The third-order valence-electron chi connectivity index (χ3n) is 2.89. The molecule has 0 amide bonds. The molecule has 2 rings (SSSR count). The molecule has 110 valence electrons. The molecule has 0 unspecified atom stereocenters. The van der Waals surface area contributed by atoms with Gasteiger partial charge in [-0.3, -0.25) is 14.4 Å². The molecule has 0 bridgehead atoms. The normalized spacial score (nSPS) is 11.1. The van der Waals surface area contributed by atoms with Crippen molar-refractivity contribution in [2.24, 2.45) is 0 Å². The van der Waals surface area contributed by atoms with E-state index in [1.807, 2.05) is 0 Å². The van der Waals surface area contributed by atoms with Crippen LogP contribution in [-0.4, -0.2) is 20.4 Å². The van der Waals surface area contributed by atoms with Crippen LogP contribution in [0.5, 0.6) is 0 Å². The van der Waals surface area contributed by atoms with E-state index in [1.54, 1.807) is 24.3 Å². The van der Waals surface area contributed by atoms with Gasteiger partial charge in [0.1, 0.15) is 0 Å². The monoisotopic (exact) mass is 370 g/mol. The summed E-state index contributed by atoms with van der Waals surface area (Å²) in [5.74, 6) is 0. The number of anilines is 1. The number of nitro groups is 1. The van der Waals surface area contributed by atoms with Crippen LogP contribution in [0.2, 0.25) is 0 Å². The van der Waals surface area contributed by atoms with Crippen molar-refractivity contribution in [1.82, 2.24) is 0 Å². The first kappa shape index (κ1) is 15.5. The third kappa shape index (κ3) is 3.06. The van der Waals surface area contributed by atoms with E-state index in [2.05, 4.69) is 15.9 Å². The summed E-state index contributed by atoms with van der Waals surface area (Å²) in [5, 5.41) is 11.0. The van der Waals surface area contributed by atoms with E-state index in [1.165, 1.54) is 31.3 Å². The zero-order valence-electron chi connectivity index (χ0n) is 10.9. The summed E-state index contributed by atoms with van der Waals surface area (Å²) in [7, 11) is -2.65. The second-order valence-corrected chi connectivity index (χ2v) is 7.03. The third-order valence-corrected chi connectivity index (χ3v) is 5.25. The Morgan fingerprint density at radius 1 is 1.10 bits per heavy atom. The summed E-state index contributed by atoms with van der Waals surface area (Å²) >= 11 is 3.26. The number of hydrogen-bond acceptors (Lipinski definition) is 4. The van der Waals surface area contributed by atoms with Crippen LogP contribution in [0.15, 0.2) is 57.9 Å². The largest absolute Gasteiger partial charge is 0.289 e. The molecule has 0 radical (unpaired) electrons. The summed E-state index contributed by atoms with van der Waals surface area (Å²) in [5.41, 5.74) is -0.0298. The van der Waals surface area contributed by atoms with Crippen molar-refractivity contribution in [3.8, 4) is 0 Å². The fourth-order valence-corrected chi connectivity index (χ4v) is 3.38. The lowest BCUT2D eigenvalue weighted by atomic mass is 10.3. The first-order valence-corrected chi connectivity index (χ1v) is 8.05. The molecule has 0 aliphatic rings. The average molecular weight is 371 g/mol. The first-order chi connectivity index (χ1) is 9.84. The molecule has 0 heterocycles. The van der Waals surface area contributed by atoms with Gasteiger partial charge in [-0.25, -0.2) is 8.42 Å². The van der Waals surface area contributed by atoms with Crippen molar-refractivity contribution in [3.05, 3.63) is 63.1 Å². The van der Waals surface area contributed by atoms with E-state index in [0.717, 1.165) is 8.78 Å². The molecule has 6 nitrogen and oxygen atoms in total. The number of sulfonamides is 1. The highest BCUT2D eigenvalue weighted by molar-refractivity contribution is 9.10. The number of nitrogens with zero attached hydrogens (tertiary/aromatic N) is 2. The highest BCUT2D eigenvalue weighted by Crippen LogP contribution is 2.29. The maximum atomic E-state index is 12.6. The number of nitro benzene ring substituents is 1. The van der Waals surface area contributed by atoms with Crippen LogP contribution >= 0.6 is 15.9 Å². The van der Waals surface area contributed by atoms with Crippen LogP contribution in [-0.2, 0) is 10.0 Å². The smallest absolute Gasteiger partial charge is 0.269 e. The lowest BCUT2D eigenvalue weighted by Crippen LogP contribution is -2.27. The summed E-state index contributed by atoms with van der Waals surface area (Å²) in [6.45, 7) is 0. The number of halogens is 1. The van der Waals surface area contributed by atoms with Gasteiger partial charge in [-0.05, 0) is 30.3 Å². The van der Waals surface area contributed by atoms with E-state index >= 15 is 0 Å². The minimum absolute atomic E-state index is 0.333. The quantitative estimate of drug-likeness (QED) is 0.611. The van der Waals surface area contributed by atoms with Crippen LogP contribution in [0, 0.1) is 10.1 Å². The zero-order valence-corrected chi connectivity index (χ0v) is 13.3. The maximum absolute atomic E-state index is 12.6. The predicted octanol–water partition coefficient (Wildman–Crippen LogP) is 3.18. The van der Waals surface area contributed by atoms with Gasteiger partial charge >= 0.3 is 0 Å². The standard InChI is InChI=1S/C13H11BrN2O4S/c1-15(11-8-6-10(14)7-9-11)21(19,20)13-5-3-2-4-12(13)16(17)18/h2-9H,1H3. The van der Waals surface area contributed by atoms with Crippen LogP contribution in [0.4, 0.5) is 11.4 Å². The summed E-state index contributed by atoms with van der Waals surface area (Å²) in [6, 6.07) is 11.9. The second-order valence-electron chi connectivity index (χ2n) is 4.17. The van der Waals surface area contributed by atoms with Crippen molar-refractivity contribution in [3.63, 3.8) is 0 Å². The van der Waals surface area contributed by atoms with E-state index < -0.39 is 20.6 Å². The second kappa shape index (κ2) is 5.82. The van der Waals surface area contributed by atoms with Crippen LogP contribution in [0.25, 0.3) is 0 Å². The molecule has 2 aromatic rings. The summed E-state index contributed by atoms with van der Waals surface area (Å²) < 4.78 is 26.9. The molecular weight excluding hydrogens is 360 g/mol. The Morgan fingerprint density at radius 3 is 2.24 bits per heavy atom. The molecular formula is C13H11BrN2O4S. The molecule has 2 aromatic carbocycles. The van der Waals surface area contributed by atoms with Crippen molar-refractivity contribution >= 4 is 37.3 Å². The van der Waals surface area contributed by atoms with Gasteiger partial charge in [0.15, 0.2) is 4.90 Å². The summed E-state index contributed by atoms with van der Waals surface area (Å²) in [6.07, 6.45) is 0. The fourth-order valence-electron chi connectivity index (χ4n) is 1.76. The minimum Gasteiger partial charge on any atom is -0.269 e. The van der Waals surface area contributed by atoms with Crippen molar-refractivity contribution in [2.75, 3.05) is 11.4 Å². The highest BCUT2D eigenvalue weighted by atomic mass is 79.9. The van der Waals surface area contributed by atoms with E-state index in [9.17, 15) is 18.5 Å². The maximum Gasteiger partial charge on any atom is 0.289 e. The Labute approximate surface area is 130 Å². The van der Waals surface area contributed by atoms with E-state index in [0.29, 0.717) is 5.69 Å². The summed E-state index contributed by atoms with van der Waals surface area (Å²) in [4.78, 5) is 9.95. The Bertz CT molecular complexity index is 775. The molecule has 0 aromatic heterocycles. The predicted molar refractivity (Wildman–Crippen MR) is 82.8 cm³/mol. The number of benzene rings is 2. The lowest BCUT2D eigenvalue weighted by Gasteiger charge is -2.19. The van der Waals surface area contributed by atoms with Crippen LogP contribution in [0.1, 0.15) is 0 Å². The van der Waals surface area contributed by atoms with Gasteiger partial charge in [0, 0.05) is 17.6 Å². The number of para-hydroxylation sites is 1. The Hall–Kier alpha value is -1.93. The molecule has 21 heavy (non-hydrogen) atoms. The van der Waals surface area contributed by atoms with Crippen molar-refractivity contribution in [2.45, 2.75) is 4.90 Å². The fraction of sp³-hybridized carbons (Fsp3) is 0.0769. The molecule has 0 saturated carbocycles. The first-order valence-electron chi connectivity index (χ1n) is 5.82. The van der Waals surface area contributed by atoms with Gasteiger partial charge in [-0.15, -0.1) is 0 Å². The highest BCUT2D eigenvalue weighted by Gasteiger charge is 2.29. The molecule has 8 heteroatoms. The molecule has 0 aliphatic carbocycles. The molecule has 0 aliphatic heterocycles. The minimum atomic E-state index is -4.00. The van der Waals surface area contributed by atoms with Crippen molar-refractivity contribution in [1.29, 1.82) is 0 Å². The Kier molecular flexibility index (Phi) is 4.29. The van der Waals surface area contributed by atoms with Gasteiger partial charge in [0.2, 0.25) is 0 Å². The lowest BCUT2D eigenvalue weighted by molar-refractivity contribution is -0.387. The van der Waals surface area contributed by atoms with Crippen LogP contribution in [0.3, 0.4) is 0 Å².